The van der Waals surface area contributed by atoms with E-state index >= 15 is 0 Å². The summed E-state index contributed by atoms with van der Waals surface area (Å²) < 4.78 is 22.9. The van der Waals surface area contributed by atoms with Gasteiger partial charge in [0.25, 0.3) is 0 Å². The number of carbonyl (C=O) groups excluding carboxylic acids is 3. The summed E-state index contributed by atoms with van der Waals surface area (Å²) in [6.45, 7) is 10.8. The third-order valence-electron chi connectivity index (χ3n) is 6.16. The van der Waals surface area contributed by atoms with Crippen molar-refractivity contribution in [3.05, 3.63) is 12.2 Å². The maximum atomic E-state index is 12.9. The lowest BCUT2D eigenvalue weighted by Crippen LogP contribution is -2.52. The Kier molecular flexibility index (Phi) is 6.84. The molecule has 1 heterocycles. The summed E-state index contributed by atoms with van der Waals surface area (Å²) in [5, 5.41) is 0. The van der Waals surface area contributed by atoms with Gasteiger partial charge in [0.15, 0.2) is 6.10 Å². The number of hydrogen-bond acceptors (Lipinski definition) is 7. The van der Waals surface area contributed by atoms with E-state index < -0.39 is 35.1 Å². The molecule has 2 bridgehead atoms. The third kappa shape index (κ3) is 5.68. The number of rotatable bonds is 5. The Bertz CT molecular complexity index is 727. The Morgan fingerprint density at radius 3 is 2.16 bits per heavy atom. The predicted molar refractivity (Wildman–Crippen MR) is 113 cm³/mol. The van der Waals surface area contributed by atoms with Crippen LogP contribution < -0.4 is 0 Å². The zero-order chi connectivity index (χ0) is 23.0. The molecule has 7 nitrogen and oxygen atoms in total. The highest BCUT2D eigenvalue weighted by molar-refractivity contribution is 5.76. The lowest BCUT2D eigenvalue weighted by Gasteiger charge is -2.38. The van der Waals surface area contributed by atoms with Crippen LogP contribution in [0.1, 0.15) is 60.8 Å². The normalized spacial score (nSPS) is 32.6. The number of ether oxygens (including phenoxy) is 4. The van der Waals surface area contributed by atoms with E-state index in [-0.39, 0.29) is 30.4 Å². The van der Waals surface area contributed by atoms with E-state index in [2.05, 4.69) is 12.2 Å². The van der Waals surface area contributed by atoms with Crippen LogP contribution in [-0.4, -0.2) is 49.4 Å². The molecule has 0 N–H and O–H groups in total. The van der Waals surface area contributed by atoms with Crippen molar-refractivity contribution in [3.63, 3.8) is 0 Å². The van der Waals surface area contributed by atoms with Crippen molar-refractivity contribution in [2.45, 2.75) is 79.1 Å². The molecule has 1 aliphatic heterocycles. The second kappa shape index (κ2) is 8.93. The maximum absolute atomic E-state index is 12.9. The molecule has 174 valence electrons. The zero-order valence-corrected chi connectivity index (χ0v) is 19.5. The molecule has 1 saturated heterocycles. The summed E-state index contributed by atoms with van der Waals surface area (Å²) in [4.78, 5) is 37.8. The average molecular weight is 437 g/mol. The molecule has 1 saturated carbocycles. The third-order valence-corrected chi connectivity index (χ3v) is 6.16. The van der Waals surface area contributed by atoms with Gasteiger partial charge in [-0.15, -0.1) is 0 Å². The van der Waals surface area contributed by atoms with Gasteiger partial charge in [-0.05, 0) is 66.2 Å². The quantitative estimate of drug-likeness (QED) is 0.370. The fourth-order valence-electron chi connectivity index (χ4n) is 4.22. The van der Waals surface area contributed by atoms with E-state index in [0.717, 1.165) is 12.8 Å². The van der Waals surface area contributed by atoms with Crippen LogP contribution in [0, 0.1) is 28.6 Å². The molecule has 2 fully saturated rings. The smallest absolute Gasteiger partial charge is 0.311 e. The van der Waals surface area contributed by atoms with Crippen LogP contribution in [-0.2, 0) is 33.3 Å². The molecule has 0 aromatic heterocycles. The molecule has 3 rings (SSSR count). The Morgan fingerprint density at radius 2 is 1.61 bits per heavy atom. The molecule has 0 amide bonds. The van der Waals surface area contributed by atoms with Gasteiger partial charge in [-0.1, -0.05) is 12.2 Å². The standard InChI is InChI=1S/C24H36O7/c1-23(2,3)21(26)29-13-18-19(31-22(27)24(4,5)6)17(9-10-28-18)30-20(25)16-12-14-7-8-15(16)11-14/h7-8,14-19H,9-13H2,1-6H3/t14-,15+,16-,17-,18-,19+/m1/s1. The van der Waals surface area contributed by atoms with Crippen LogP contribution in [0.15, 0.2) is 12.2 Å². The van der Waals surface area contributed by atoms with Crippen molar-refractivity contribution >= 4 is 17.9 Å². The average Bonchev–Trinajstić information content (AvgIpc) is 3.29. The second-order valence-electron chi connectivity index (χ2n) is 11.0. The topological polar surface area (TPSA) is 88.1 Å². The van der Waals surface area contributed by atoms with Gasteiger partial charge in [0, 0.05) is 6.42 Å². The summed E-state index contributed by atoms with van der Waals surface area (Å²) in [6.07, 6.45) is 4.37. The van der Waals surface area contributed by atoms with Crippen LogP contribution in [0.3, 0.4) is 0 Å². The van der Waals surface area contributed by atoms with E-state index in [1.54, 1.807) is 41.5 Å². The maximum Gasteiger partial charge on any atom is 0.311 e. The molecule has 0 aromatic rings. The Morgan fingerprint density at radius 1 is 0.935 bits per heavy atom. The second-order valence-corrected chi connectivity index (χ2v) is 11.0. The molecule has 7 heteroatoms. The first-order valence-electron chi connectivity index (χ1n) is 11.2. The monoisotopic (exact) mass is 436 g/mol. The molecule has 3 aliphatic rings. The molecular formula is C24H36O7. The molecule has 31 heavy (non-hydrogen) atoms. The van der Waals surface area contributed by atoms with Crippen LogP contribution in [0.2, 0.25) is 0 Å². The van der Waals surface area contributed by atoms with E-state index in [0.29, 0.717) is 18.9 Å². The summed E-state index contributed by atoms with van der Waals surface area (Å²) in [5.41, 5.74) is -1.39. The van der Waals surface area contributed by atoms with Gasteiger partial charge in [0.05, 0.1) is 23.4 Å². The van der Waals surface area contributed by atoms with Gasteiger partial charge in [0.2, 0.25) is 0 Å². The van der Waals surface area contributed by atoms with Crippen molar-refractivity contribution in [2.75, 3.05) is 13.2 Å². The van der Waals surface area contributed by atoms with Crippen LogP contribution in [0.25, 0.3) is 0 Å². The molecule has 0 unspecified atom stereocenters. The molecular weight excluding hydrogens is 400 g/mol. The van der Waals surface area contributed by atoms with Crippen molar-refractivity contribution in [1.82, 2.24) is 0 Å². The summed E-state index contributed by atoms with van der Waals surface area (Å²) in [7, 11) is 0. The summed E-state index contributed by atoms with van der Waals surface area (Å²) in [5.74, 6) is -0.489. The number of hydrogen-bond donors (Lipinski definition) is 0. The lowest BCUT2D eigenvalue weighted by atomic mass is 9.93. The minimum atomic E-state index is -0.827. The largest absolute Gasteiger partial charge is 0.462 e. The minimum absolute atomic E-state index is 0.0664. The van der Waals surface area contributed by atoms with E-state index in [4.69, 9.17) is 18.9 Å². The fraction of sp³-hybridized carbons (Fsp3) is 0.792. The first kappa shape index (κ1) is 23.8. The van der Waals surface area contributed by atoms with Crippen molar-refractivity contribution in [2.24, 2.45) is 28.6 Å². The van der Waals surface area contributed by atoms with Gasteiger partial charge in [-0.25, -0.2) is 0 Å². The Labute approximate surface area is 184 Å². The van der Waals surface area contributed by atoms with Gasteiger partial charge in [-0.2, -0.15) is 0 Å². The van der Waals surface area contributed by atoms with Crippen molar-refractivity contribution < 1.29 is 33.3 Å². The van der Waals surface area contributed by atoms with Crippen molar-refractivity contribution in [1.29, 1.82) is 0 Å². The van der Waals surface area contributed by atoms with E-state index in [1.807, 2.05) is 0 Å². The van der Waals surface area contributed by atoms with Gasteiger partial charge in [0.1, 0.15) is 18.8 Å². The van der Waals surface area contributed by atoms with Gasteiger partial charge >= 0.3 is 17.9 Å². The lowest BCUT2D eigenvalue weighted by molar-refractivity contribution is -0.210. The summed E-state index contributed by atoms with van der Waals surface area (Å²) in [6, 6.07) is 0. The first-order chi connectivity index (χ1) is 14.4. The molecule has 0 spiro atoms. The molecule has 0 radical (unpaired) electrons. The Balaban J connectivity index is 1.70. The highest BCUT2D eigenvalue weighted by Gasteiger charge is 2.46. The number of carbonyl (C=O) groups is 3. The highest BCUT2D eigenvalue weighted by atomic mass is 16.6. The van der Waals surface area contributed by atoms with Crippen LogP contribution in [0.4, 0.5) is 0 Å². The zero-order valence-electron chi connectivity index (χ0n) is 19.5. The van der Waals surface area contributed by atoms with E-state index in [9.17, 15) is 14.4 Å². The van der Waals surface area contributed by atoms with Gasteiger partial charge < -0.3 is 18.9 Å². The SMILES string of the molecule is CC(C)(C)C(=O)OC[C@H]1OCC[C@@H](OC(=O)[C@@H]2C[C@@H]3C=C[C@H]2C3)[C@@H]1OC(=O)C(C)(C)C. The number of esters is 3. The van der Waals surface area contributed by atoms with Crippen molar-refractivity contribution in [3.8, 4) is 0 Å². The van der Waals surface area contributed by atoms with Gasteiger partial charge in [-0.3, -0.25) is 14.4 Å². The Hall–Kier alpha value is -1.89. The van der Waals surface area contributed by atoms with E-state index in [1.165, 1.54) is 0 Å². The highest BCUT2D eigenvalue weighted by Crippen LogP contribution is 2.44. The molecule has 0 aromatic carbocycles. The van der Waals surface area contributed by atoms with Crippen LogP contribution in [0.5, 0.6) is 0 Å². The molecule has 2 aliphatic carbocycles. The fourth-order valence-corrected chi connectivity index (χ4v) is 4.22. The number of fused-ring (bicyclic) bond motifs is 2. The number of allylic oxidation sites excluding steroid dienone is 2. The minimum Gasteiger partial charge on any atom is -0.462 e. The molecule has 6 atom stereocenters. The summed E-state index contributed by atoms with van der Waals surface area (Å²) >= 11 is 0. The predicted octanol–water partition coefficient (Wildman–Crippen LogP) is 3.45. The first-order valence-corrected chi connectivity index (χ1v) is 11.2. The van der Waals surface area contributed by atoms with Crippen LogP contribution >= 0.6 is 0 Å².